The first kappa shape index (κ1) is 11.9. The summed E-state index contributed by atoms with van der Waals surface area (Å²) in [5, 5.41) is 0. The zero-order valence-electron chi connectivity index (χ0n) is 8.74. The average Bonchev–Trinajstić information content (AvgIpc) is 2.30. The number of alkyl halides is 1. The molecule has 0 aliphatic carbocycles. The SMILES string of the molecule is Brc1cccc(C(Br)Cc2ccccc2)c1. The molecule has 1 atom stereocenters. The van der Waals surface area contributed by atoms with Gasteiger partial charge in [0, 0.05) is 9.30 Å². The molecule has 0 aliphatic heterocycles. The van der Waals surface area contributed by atoms with E-state index < -0.39 is 0 Å². The molecular formula is C14H12Br2. The molecule has 82 valence electrons. The molecular weight excluding hydrogens is 328 g/mol. The second-order valence-corrected chi connectivity index (χ2v) is 5.73. The van der Waals surface area contributed by atoms with Crippen molar-refractivity contribution in [3.63, 3.8) is 0 Å². The van der Waals surface area contributed by atoms with Gasteiger partial charge in [-0.15, -0.1) is 0 Å². The van der Waals surface area contributed by atoms with Gasteiger partial charge in [0.1, 0.15) is 0 Å². The van der Waals surface area contributed by atoms with Crippen LogP contribution in [0.1, 0.15) is 16.0 Å². The first-order valence-corrected chi connectivity index (χ1v) is 6.90. The minimum Gasteiger partial charge on any atom is -0.0835 e. The number of hydrogen-bond acceptors (Lipinski definition) is 0. The van der Waals surface area contributed by atoms with E-state index in [2.05, 4.69) is 74.3 Å². The molecule has 0 aromatic heterocycles. The van der Waals surface area contributed by atoms with Crippen LogP contribution in [0.4, 0.5) is 0 Å². The van der Waals surface area contributed by atoms with Gasteiger partial charge in [-0.1, -0.05) is 74.3 Å². The lowest BCUT2D eigenvalue weighted by Gasteiger charge is -2.10. The van der Waals surface area contributed by atoms with Crippen molar-refractivity contribution in [3.8, 4) is 0 Å². The summed E-state index contributed by atoms with van der Waals surface area (Å²) in [6.45, 7) is 0. The largest absolute Gasteiger partial charge is 0.0835 e. The summed E-state index contributed by atoms with van der Waals surface area (Å²) in [5.41, 5.74) is 2.66. The summed E-state index contributed by atoms with van der Waals surface area (Å²) in [7, 11) is 0. The third-order valence-corrected chi connectivity index (χ3v) is 3.81. The minimum atomic E-state index is 0.368. The molecule has 0 radical (unpaired) electrons. The zero-order chi connectivity index (χ0) is 11.4. The van der Waals surface area contributed by atoms with Gasteiger partial charge in [-0.3, -0.25) is 0 Å². The Morgan fingerprint density at radius 1 is 0.938 bits per heavy atom. The fraction of sp³-hybridized carbons (Fsp3) is 0.143. The van der Waals surface area contributed by atoms with Gasteiger partial charge in [0.2, 0.25) is 0 Å². The third-order valence-electron chi connectivity index (χ3n) is 2.47. The standard InChI is InChI=1S/C14H12Br2/c15-13-8-4-7-12(10-13)14(16)9-11-5-2-1-3-6-11/h1-8,10,14H,9H2. The first-order chi connectivity index (χ1) is 7.75. The minimum absolute atomic E-state index is 0.368. The van der Waals surface area contributed by atoms with E-state index in [-0.39, 0.29) is 0 Å². The molecule has 0 saturated carbocycles. The Balaban J connectivity index is 2.12. The van der Waals surface area contributed by atoms with Crippen LogP contribution in [0.15, 0.2) is 59.1 Å². The van der Waals surface area contributed by atoms with Crippen LogP contribution >= 0.6 is 31.9 Å². The molecule has 0 bridgehead atoms. The average molecular weight is 340 g/mol. The van der Waals surface area contributed by atoms with E-state index in [1.807, 2.05) is 12.1 Å². The molecule has 0 saturated heterocycles. The molecule has 0 fully saturated rings. The highest BCUT2D eigenvalue weighted by Gasteiger charge is 2.08. The number of halogens is 2. The molecule has 0 amide bonds. The third kappa shape index (κ3) is 3.19. The molecule has 0 spiro atoms. The molecule has 1 unspecified atom stereocenters. The van der Waals surface area contributed by atoms with E-state index in [0.717, 1.165) is 10.9 Å². The van der Waals surface area contributed by atoms with Crippen molar-refractivity contribution in [3.05, 3.63) is 70.2 Å². The fourth-order valence-corrected chi connectivity index (χ4v) is 2.72. The van der Waals surface area contributed by atoms with Crippen LogP contribution in [-0.4, -0.2) is 0 Å². The van der Waals surface area contributed by atoms with Crippen molar-refractivity contribution in [2.75, 3.05) is 0 Å². The molecule has 2 aromatic rings. The maximum Gasteiger partial charge on any atom is 0.0436 e. The Morgan fingerprint density at radius 2 is 1.69 bits per heavy atom. The van der Waals surface area contributed by atoms with Gasteiger partial charge in [-0.25, -0.2) is 0 Å². The molecule has 2 heteroatoms. The van der Waals surface area contributed by atoms with Crippen LogP contribution < -0.4 is 0 Å². The van der Waals surface area contributed by atoms with Gasteiger partial charge in [0.15, 0.2) is 0 Å². The molecule has 0 nitrogen and oxygen atoms in total. The Morgan fingerprint density at radius 3 is 2.38 bits per heavy atom. The normalized spacial score (nSPS) is 12.4. The predicted molar refractivity (Wildman–Crippen MR) is 76.0 cm³/mol. The topological polar surface area (TPSA) is 0 Å². The summed E-state index contributed by atoms with van der Waals surface area (Å²) >= 11 is 7.23. The zero-order valence-corrected chi connectivity index (χ0v) is 11.9. The summed E-state index contributed by atoms with van der Waals surface area (Å²) in [4.78, 5) is 0.368. The number of rotatable bonds is 3. The lowest BCUT2D eigenvalue weighted by atomic mass is 10.0. The number of hydrogen-bond donors (Lipinski definition) is 0. The maximum atomic E-state index is 3.74. The van der Waals surface area contributed by atoms with Crippen molar-refractivity contribution in [1.82, 2.24) is 0 Å². The van der Waals surface area contributed by atoms with Crippen LogP contribution in [-0.2, 0) is 6.42 Å². The lowest BCUT2D eigenvalue weighted by Crippen LogP contribution is -1.94. The fourth-order valence-electron chi connectivity index (χ4n) is 1.64. The van der Waals surface area contributed by atoms with Gasteiger partial charge in [0.25, 0.3) is 0 Å². The van der Waals surface area contributed by atoms with E-state index >= 15 is 0 Å². The Hall–Kier alpha value is -0.600. The highest BCUT2D eigenvalue weighted by Crippen LogP contribution is 2.28. The van der Waals surface area contributed by atoms with E-state index in [1.165, 1.54) is 11.1 Å². The molecule has 0 aliphatic rings. The predicted octanol–water partition coefficient (Wildman–Crippen LogP) is 5.13. The van der Waals surface area contributed by atoms with Gasteiger partial charge >= 0.3 is 0 Å². The van der Waals surface area contributed by atoms with Crippen LogP contribution in [0.3, 0.4) is 0 Å². The van der Waals surface area contributed by atoms with Gasteiger partial charge < -0.3 is 0 Å². The van der Waals surface area contributed by atoms with Crippen molar-refractivity contribution >= 4 is 31.9 Å². The first-order valence-electron chi connectivity index (χ1n) is 5.19. The summed E-state index contributed by atoms with van der Waals surface area (Å²) in [6.07, 6.45) is 1.01. The van der Waals surface area contributed by atoms with E-state index in [1.54, 1.807) is 0 Å². The quantitative estimate of drug-likeness (QED) is 0.680. The van der Waals surface area contributed by atoms with Crippen molar-refractivity contribution in [2.24, 2.45) is 0 Å². The molecule has 0 N–H and O–H groups in total. The van der Waals surface area contributed by atoms with E-state index in [4.69, 9.17) is 0 Å². The summed E-state index contributed by atoms with van der Waals surface area (Å²) < 4.78 is 1.13. The van der Waals surface area contributed by atoms with Gasteiger partial charge in [-0.05, 0) is 29.7 Å². The van der Waals surface area contributed by atoms with Crippen LogP contribution in [0, 0.1) is 0 Å². The molecule has 2 aromatic carbocycles. The second kappa shape index (κ2) is 5.65. The molecule has 0 heterocycles. The maximum absolute atomic E-state index is 3.74. The monoisotopic (exact) mass is 338 g/mol. The Kier molecular flexibility index (Phi) is 4.19. The van der Waals surface area contributed by atoms with E-state index in [0.29, 0.717) is 4.83 Å². The summed E-state index contributed by atoms with van der Waals surface area (Å²) in [5.74, 6) is 0. The highest BCUT2D eigenvalue weighted by atomic mass is 79.9. The van der Waals surface area contributed by atoms with Crippen LogP contribution in [0.5, 0.6) is 0 Å². The molecule has 16 heavy (non-hydrogen) atoms. The van der Waals surface area contributed by atoms with E-state index in [9.17, 15) is 0 Å². The summed E-state index contributed by atoms with van der Waals surface area (Å²) in [6, 6.07) is 18.9. The molecule has 2 rings (SSSR count). The van der Waals surface area contributed by atoms with Crippen LogP contribution in [0.2, 0.25) is 0 Å². The second-order valence-electron chi connectivity index (χ2n) is 3.71. The van der Waals surface area contributed by atoms with Gasteiger partial charge in [-0.2, -0.15) is 0 Å². The van der Waals surface area contributed by atoms with Gasteiger partial charge in [0.05, 0.1) is 0 Å². The lowest BCUT2D eigenvalue weighted by molar-refractivity contribution is 0.948. The van der Waals surface area contributed by atoms with Crippen molar-refractivity contribution in [1.29, 1.82) is 0 Å². The Bertz CT molecular complexity index is 451. The van der Waals surface area contributed by atoms with Crippen molar-refractivity contribution in [2.45, 2.75) is 11.2 Å². The van der Waals surface area contributed by atoms with Crippen molar-refractivity contribution < 1.29 is 0 Å². The Labute approximate surface area is 113 Å². The smallest absolute Gasteiger partial charge is 0.0436 e. The highest BCUT2D eigenvalue weighted by molar-refractivity contribution is 9.10. The number of benzene rings is 2. The van der Waals surface area contributed by atoms with Crippen LogP contribution in [0.25, 0.3) is 0 Å².